The number of benzene rings is 2. The zero-order chi connectivity index (χ0) is 13.7. The van der Waals surface area contributed by atoms with Crippen molar-refractivity contribution >= 4 is 11.8 Å². The van der Waals surface area contributed by atoms with Crippen LogP contribution in [0.5, 0.6) is 0 Å². The van der Waals surface area contributed by atoms with E-state index in [4.69, 9.17) is 5.26 Å². The van der Waals surface area contributed by atoms with Gasteiger partial charge >= 0.3 is 0 Å². The van der Waals surface area contributed by atoms with Gasteiger partial charge in [-0.3, -0.25) is 0 Å². The lowest BCUT2D eigenvalue weighted by molar-refractivity contribution is 1.29. The van der Waals surface area contributed by atoms with Crippen LogP contribution in [0.1, 0.15) is 27.8 Å². The van der Waals surface area contributed by atoms with Gasteiger partial charge in [-0.05, 0) is 31.0 Å². The van der Waals surface area contributed by atoms with Gasteiger partial charge in [-0.25, -0.2) is 0 Å². The van der Waals surface area contributed by atoms with Crippen LogP contribution in [-0.2, 0) is 11.5 Å². The molecule has 0 aliphatic carbocycles. The van der Waals surface area contributed by atoms with Gasteiger partial charge in [0.25, 0.3) is 0 Å². The van der Waals surface area contributed by atoms with Crippen LogP contribution in [0.2, 0.25) is 0 Å². The lowest BCUT2D eigenvalue weighted by Crippen LogP contribution is -1.89. The molecule has 1 nitrogen and oxygen atoms in total. The molecule has 0 amide bonds. The SMILES string of the molecule is Cc1cc(C)cc(CSCc2ccccc2C#N)c1. The first-order valence-corrected chi connectivity index (χ1v) is 7.47. The molecule has 19 heavy (non-hydrogen) atoms. The molecular weight excluding hydrogens is 250 g/mol. The Morgan fingerprint density at radius 2 is 1.68 bits per heavy atom. The predicted octanol–water partition coefficient (Wildman–Crippen LogP) is 4.61. The van der Waals surface area contributed by atoms with Gasteiger partial charge in [0.1, 0.15) is 0 Å². The van der Waals surface area contributed by atoms with Gasteiger partial charge in [-0.15, -0.1) is 0 Å². The highest BCUT2D eigenvalue weighted by molar-refractivity contribution is 7.97. The van der Waals surface area contributed by atoms with Crippen LogP contribution in [0, 0.1) is 25.2 Å². The fourth-order valence-electron chi connectivity index (χ4n) is 2.19. The molecule has 0 saturated carbocycles. The van der Waals surface area contributed by atoms with Gasteiger partial charge < -0.3 is 0 Å². The quantitative estimate of drug-likeness (QED) is 0.807. The van der Waals surface area contributed by atoms with Crippen LogP contribution in [0.15, 0.2) is 42.5 Å². The number of hydrogen-bond donors (Lipinski definition) is 0. The number of aryl methyl sites for hydroxylation is 2. The van der Waals surface area contributed by atoms with Gasteiger partial charge in [0.15, 0.2) is 0 Å². The Morgan fingerprint density at radius 3 is 2.37 bits per heavy atom. The molecule has 0 atom stereocenters. The maximum Gasteiger partial charge on any atom is 0.0994 e. The van der Waals surface area contributed by atoms with E-state index in [2.05, 4.69) is 38.1 Å². The second-order valence-electron chi connectivity index (χ2n) is 4.76. The number of thioether (sulfide) groups is 1. The Kier molecular flexibility index (Phi) is 4.65. The van der Waals surface area contributed by atoms with Gasteiger partial charge in [0.2, 0.25) is 0 Å². The largest absolute Gasteiger partial charge is 0.192 e. The normalized spacial score (nSPS) is 10.2. The van der Waals surface area contributed by atoms with Crippen LogP contribution >= 0.6 is 11.8 Å². The van der Waals surface area contributed by atoms with Crippen molar-refractivity contribution < 1.29 is 0 Å². The van der Waals surface area contributed by atoms with E-state index in [1.807, 2.05) is 36.0 Å². The summed E-state index contributed by atoms with van der Waals surface area (Å²) in [4.78, 5) is 0. The zero-order valence-electron chi connectivity index (χ0n) is 11.3. The molecule has 0 unspecified atom stereocenters. The summed E-state index contributed by atoms with van der Waals surface area (Å²) in [6.07, 6.45) is 0. The maximum atomic E-state index is 9.05. The van der Waals surface area contributed by atoms with Crippen molar-refractivity contribution in [3.8, 4) is 6.07 Å². The fraction of sp³-hybridized carbons (Fsp3) is 0.235. The molecule has 0 saturated heterocycles. The van der Waals surface area contributed by atoms with Crippen LogP contribution in [0.25, 0.3) is 0 Å². The molecule has 0 spiro atoms. The average Bonchev–Trinajstić information content (AvgIpc) is 2.38. The zero-order valence-corrected chi connectivity index (χ0v) is 12.1. The third kappa shape index (κ3) is 3.87. The highest BCUT2D eigenvalue weighted by atomic mass is 32.2. The summed E-state index contributed by atoms with van der Waals surface area (Å²) in [6.45, 7) is 4.26. The van der Waals surface area contributed by atoms with Gasteiger partial charge in [0.05, 0.1) is 11.6 Å². The van der Waals surface area contributed by atoms with Crippen LogP contribution in [0.3, 0.4) is 0 Å². The van der Waals surface area contributed by atoms with E-state index in [-0.39, 0.29) is 0 Å². The van der Waals surface area contributed by atoms with Gasteiger partial charge in [-0.1, -0.05) is 47.5 Å². The van der Waals surface area contributed by atoms with E-state index in [0.29, 0.717) is 0 Å². The minimum Gasteiger partial charge on any atom is -0.192 e. The number of hydrogen-bond acceptors (Lipinski definition) is 2. The molecule has 0 fully saturated rings. The van der Waals surface area contributed by atoms with Crippen molar-refractivity contribution in [3.05, 3.63) is 70.3 Å². The molecule has 0 aromatic heterocycles. The Labute approximate surface area is 119 Å². The molecule has 0 aliphatic rings. The summed E-state index contributed by atoms with van der Waals surface area (Å²) in [5.41, 5.74) is 5.90. The summed E-state index contributed by atoms with van der Waals surface area (Å²) in [5.74, 6) is 1.87. The summed E-state index contributed by atoms with van der Waals surface area (Å²) < 4.78 is 0. The summed E-state index contributed by atoms with van der Waals surface area (Å²) in [5, 5.41) is 9.05. The maximum absolute atomic E-state index is 9.05. The second kappa shape index (κ2) is 6.45. The molecule has 0 bridgehead atoms. The monoisotopic (exact) mass is 267 g/mol. The van der Waals surface area contributed by atoms with E-state index in [1.165, 1.54) is 16.7 Å². The Hall–Kier alpha value is -1.72. The van der Waals surface area contributed by atoms with Crippen molar-refractivity contribution in [1.29, 1.82) is 5.26 Å². The molecule has 0 N–H and O–H groups in total. The third-order valence-electron chi connectivity index (χ3n) is 2.95. The standard InChI is InChI=1S/C17H17NS/c1-13-7-14(2)9-15(8-13)11-19-12-17-6-4-3-5-16(17)10-18/h3-9H,11-12H2,1-2H3. The number of nitriles is 1. The summed E-state index contributed by atoms with van der Waals surface area (Å²) in [7, 11) is 0. The van der Waals surface area contributed by atoms with Crippen molar-refractivity contribution in [2.24, 2.45) is 0 Å². The van der Waals surface area contributed by atoms with Gasteiger partial charge in [0, 0.05) is 11.5 Å². The second-order valence-corrected chi connectivity index (χ2v) is 5.74. The molecular formula is C17H17NS. The average molecular weight is 267 g/mol. The van der Waals surface area contributed by atoms with Crippen LogP contribution in [0.4, 0.5) is 0 Å². The first-order valence-electron chi connectivity index (χ1n) is 6.32. The Balaban J connectivity index is 1.98. The van der Waals surface area contributed by atoms with Gasteiger partial charge in [-0.2, -0.15) is 17.0 Å². The van der Waals surface area contributed by atoms with Crippen LogP contribution in [-0.4, -0.2) is 0 Å². The molecule has 2 aromatic carbocycles. The Morgan fingerprint density at radius 1 is 1.00 bits per heavy atom. The van der Waals surface area contributed by atoms with Crippen molar-refractivity contribution in [2.45, 2.75) is 25.4 Å². The third-order valence-corrected chi connectivity index (χ3v) is 4.00. The number of rotatable bonds is 4. The molecule has 96 valence electrons. The Bertz CT molecular complexity index is 591. The molecule has 2 aromatic rings. The number of nitrogens with zero attached hydrogens (tertiary/aromatic N) is 1. The van der Waals surface area contributed by atoms with Crippen molar-refractivity contribution in [3.63, 3.8) is 0 Å². The summed E-state index contributed by atoms with van der Waals surface area (Å²) in [6, 6.07) is 16.7. The highest BCUT2D eigenvalue weighted by Gasteiger charge is 2.02. The highest BCUT2D eigenvalue weighted by Crippen LogP contribution is 2.21. The first kappa shape index (κ1) is 13.7. The lowest BCUT2D eigenvalue weighted by atomic mass is 10.1. The fourth-order valence-corrected chi connectivity index (χ4v) is 3.16. The smallest absolute Gasteiger partial charge is 0.0994 e. The van der Waals surface area contributed by atoms with E-state index in [0.717, 1.165) is 22.6 Å². The minimum atomic E-state index is 0.787. The minimum absolute atomic E-state index is 0.787. The lowest BCUT2D eigenvalue weighted by Gasteiger charge is -2.06. The molecule has 2 rings (SSSR count). The predicted molar refractivity (Wildman–Crippen MR) is 82.1 cm³/mol. The molecule has 2 heteroatoms. The molecule has 0 aliphatic heterocycles. The van der Waals surface area contributed by atoms with E-state index in [9.17, 15) is 0 Å². The topological polar surface area (TPSA) is 23.8 Å². The summed E-state index contributed by atoms with van der Waals surface area (Å²) >= 11 is 1.86. The van der Waals surface area contributed by atoms with E-state index < -0.39 is 0 Å². The van der Waals surface area contributed by atoms with E-state index >= 15 is 0 Å². The molecule has 0 radical (unpaired) electrons. The van der Waals surface area contributed by atoms with E-state index in [1.54, 1.807) is 0 Å². The van der Waals surface area contributed by atoms with Crippen molar-refractivity contribution in [2.75, 3.05) is 0 Å². The van der Waals surface area contributed by atoms with Crippen molar-refractivity contribution in [1.82, 2.24) is 0 Å². The first-order chi connectivity index (χ1) is 9.19. The van der Waals surface area contributed by atoms with Crippen LogP contribution < -0.4 is 0 Å². The molecule has 0 heterocycles.